The van der Waals surface area contributed by atoms with E-state index in [2.05, 4.69) is 4.90 Å². The first-order chi connectivity index (χ1) is 7.02. The van der Waals surface area contributed by atoms with Crippen molar-refractivity contribution in [1.29, 1.82) is 0 Å². The molecule has 1 rings (SSSR count). The summed E-state index contributed by atoms with van der Waals surface area (Å²) in [4.78, 5) is 15.5. The van der Waals surface area contributed by atoms with E-state index in [1.807, 2.05) is 21.0 Å². The number of nitrogens with zero attached hydrogens (tertiary/aromatic N) is 2. The van der Waals surface area contributed by atoms with Crippen LogP contribution < -0.4 is 5.73 Å². The summed E-state index contributed by atoms with van der Waals surface area (Å²) in [5, 5.41) is 0. The summed E-state index contributed by atoms with van der Waals surface area (Å²) >= 11 is 0. The fraction of sp³-hybridized carbons (Fsp3) is 0.909. The Kier molecular flexibility index (Phi) is 4.54. The minimum atomic E-state index is 0.198. The Hall–Kier alpha value is -0.610. The van der Waals surface area contributed by atoms with Crippen LogP contribution in [0.15, 0.2) is 0 Å². The normalized spacial score (nSPS) is 25.1. The van der Waals surface area contributed by atoms with E-state index >= 15 is 0 Å². The zero-order chi connectivity index (χ0) is 11.4. The summed E-state index contributed by atoms with van der Waals surface area (Å²) < 4.78 is 0. The van der Waals surface area contributed by atoms with E-state index in [0.29, 0.717) is 18.5 Å². The van der Waals surface area contributed by atoms with Gasteiger partial charge in [-0.2, -0.15) is 0 Å². The van der Waals surface area contributed by atoms with Crippen LogP contribution >= 0.6 is 0 Å². The van der Waals surface area contributed by atoms with Crippen LogP contribution in [0.1, 0.15) is 19.8 Å². The molecule has 0 heterocycles. The summed E-state index contributed by atoms with van der Waals surface area (Å²) in [5.74, 6) is 0.897. The molecule has 1 amide bonds. The summed E-state index contributed by atoms with van der Waals surface area (Å²) in [7, 11) is 3.85. The highest BCUT2D eigenvalue weighted by Crippen LogP contribution is 2.25. The van der Waals surface area contributed by atoms with Crippen molar-refractivity contribution in [2.45, 2.75) is 25.8 Å². The fourth-order valence-electron chi connectivity index (χ4n) is 1.97. The lowest BCUT2D eigenvalue weighted by Gasteiger charge is -2.35. The third kappa shape index (κ3) is 3.80. The lowest BCUT2D eigenvalue weighted by atomic mass is 9.80. The van der Waals surface area contributed by atoms with Crippen LogP contribution in [0.4, 0.5) is 0 Å². The third-order valence-corrected chi connectivity index (χ3v) is 3.15. The largest absolute Gasteiger partial charge is 0.345 e. The predicted octanol–water partition coefficient (Wildman–Crippen LogP) is 0.134. The smallest absolute Gasteiger partial charge is 0.236 e. The molecule has 2 N–H and O–H groups in total. The van der Waals surface area contributed by atoms with Gasteiger partial charge in [-0.15, -0.1) is 0 Å². The molecule has 1 aliphatic carbocycles. The van der Waals surface area contributed by atoms with Crippen LogP contribution in [0, 0.1) is 5.92 Å². The van der Waals surface area contributed by atoms with Gasteiger partial charge in [-0.3, -0.25) is 9.69 Å². The van der Waals surface area contributed by atoms with E-state index in [-0.39, 0.29) is 5.91 Å². The highest BCUT2D eigenvalue weighted by molar-refractivity contribution is 5.77. The molecule has 1 fully saturated rings. The number of amides is 1. The molecule has 15 heavy (non-hydrogen) atoms. The molecule has 0 radical (unpaired) electrons. The van der Waals surface area contributed by atoms with Crippen molar-refractivity contribution in [2.75, 3.05) is 33.7 Å². The van der Waals surface area contributed by atoms with Crippen molar-refractivity contribution < 1.29 is 4.79 Å². The quantitative estimate of drug-likeness (QED) is 0.706. The number of hydrogen-bond donors (Lipinski definition) is 1. The maximum atomic E-state index is 11.6. The van der Waals surface area contributed by atoms with Gasteiger partial charge in [-0.25, -0.2) is 0 Å². The van der Waals surface area contributed by atoms with Gasteiger partial charge in [0, 0.05) is 26.2 Å². The summed E-state index contributed by atoms with van der Waals surface area (Å²) in [5.41, 5.74) is 5.72. The summed E-state index contributed by atoms with van der Waals surface area (Å²) in [6.07, 6.45) is 2.23. The molecule has 0 aliphatic heterocycles. The van der Waals surface area contributed by atoms with E-state index < -0.39 is 0 Å². The van der Waals surface area contributed by atoms with E-state index in [1.54, 1.807) is 4.90 Å². The van der Waals surface area contributed by atoms with Crippen LogP contribution in [0.25, 0.3) is 0 Å². The van der Waals surface area contributed by atoms with Gasteiger partial charge in [0.1, 0.15) is 0 Å². The molecular formula is C11H23N3O. The highest BCUT2D eigenvalue weighted by atomic mass is 16.2. The van der Waals surface area contributed by atoms with Gasteiger partial charge in [-0.05, 0) is 32.7 Å². The Labute approximate surface area is 92.4 Å². The van der Waals surface area contributed by atoms with Gasteiger partial charge in [0.25, 0.3) is 0 Å². The first-order valence-corrected chi connectivity index (χ1v) is 5.71. The van der Waals surface area contributed by atoms with Crippen LogP contribution in [0.5, 0.6) is 0 Å². The van der Waals surface area contributed by atoms with Crippen LogP contribution in [0.3, 0.4) is 0 Å². The van der Waals surface area contributed by atoms with Crippen molar-refractivity contribution >= 4 is 5.91 Å². The zero-order valence-electron chi connectivity index (χ0n) is 10.1. The molecule has 0 bridgehead atoms. The first kappa shape index (κ1) is 12.5. The molecule has 0 atom stereocenters. The van der Waals surface area contributed by atoms with Crippen LogP contribution in [0.2, 0.25) is 0 Å². The number of hydrogen-bond acceptors (Lipinski definition) is 3. The maximum absolute atomic E-state index is 11.6. The molecule has 0 aromatic rings. The Morgan fingerprint density at radius 1 is 1.40 bits per heavy atom. The second kappa shape index (κ2) is 5.47. The van der Waals surface area contributed by atoms with E-state index in [0.717, 1.165) is 25.9 Å². The SMILES string of the molecule is CCN(C)C(=O)CN(C)CC1CC(N)C1. The average molecular weight is 213 g/mol. The first-order valence-electron chi connectivity index (χ1n) is 5.71. The summed E-state index contributed by atoms with van der Waals surface area (Å²) in [6.45, 7) is 4.29. The molecule has 0 unspecified atom stereocenters. The topological polar surface area (TPSA) is 49.6 Å². The van der Waals surface area contributed by atoms with Gasteiger partial charge in [0.2, 0.25) is 5.91 Å². The van der Waals surface area contributed by atoms with Gasteiger partial charge in [-0.1, -0.05) is 0 Å². The number of likely N-dealkylation sites (N-methyl/N-ethyl adjacent to an activating group) is 2. The molecule has 1 aliphatic rings. The monoisotopic (exact) mass is 213 g/mol. The van der Waals surface area contributed by atoms with Gasteiger partial charge in [0.15, 0.2) is 0 Å². The van der Waals surface area contributed by atoms with Crippen molar-refractivity contribution in [3.05, 3.63) is 0 Å². The van der Waals surface area contributed by atoms with Gasteiger partial charge in [0.05, 0.1) is 6.54 Å². The zero-order valence-corrected chi connectivity index (χ0v) is 10.1. The van der Waals surface area contributed by atoms with E-state index in [9.17, 15) is 4.79 Å². The Balaban J connectivity index is 2.18. The van der Waals surface area contributed by atoms with Crippen molar-refractivity contribution in [1.82, 2.24) is 9.80 Å². The molecule has 0 spiro atoms. The number of rotatable bonds is 5. The van der Waals surface area contributed by atoms with Crippen LogP contribution in [-0.4, -0.2) is 55.5 Å². The van der Waals surface area contributed by atoms with Crippen LogP contribution in [-0.2, 0) is 4.79 Å². The van der Waals surface area contributed by atoms with E-state index in [4.69, 9.17) is 5.73 Å². The molecule has 4 nitrogen and oxygen atoms in total. The Morgan fingerprint density at radius 3 is 2.47 bits per heavy atom. The fourth-order valence-corrected chi connectivity index (χ4v) is 1.97. The van der Waals surface area contributed by atoms with E-state index in [1.165, 1.54) is 0 Å². The lowest BCUT2D eigenvalue weighted by Crippen LogP contribution is -2.44. The average Bonchev–Trinajstić information content (AvgIpc) is 2.14. The standard InChI is InChI=1S/C11H23N3O/c1-4-14(3)11(15)8-13(2)7-9-5-10(12)6-9/h9-10H,4-8,12H2,1-3H3. The van der Waals surface area contributed by atoms with Crippen molar-refractivity contribution in [2.24, 2.45) is 11.7 Å². The summed E-state index contributed by atoms with van der Waals surface area (Å²) in [6, 6.07) is 0.400. The third-order valence-electron chi connectivity index (χ3n) is 3.15. The second-order valence-corrected chi connectivity index (χ2v) is 4.70. The van der Waals surface area contributed by atoms with Gasteiger partial charge < -0.3 is 10.6 Å². The lowest BCUT2D eigenvalue weighted by molar-refractivity contribution is -0.130. The molecule has 0 saturated heterocycles. The maximum Gasteiger partial charge on any atom is 0.236 e. The van der Waals surface area contributed by atoms with Crippen molar-refractivity contribution in [3.63, 3.8) is 0 Å². The predicted molar refractivity (Wildman–Crippen MR) is 61.5 cm³/mol. The van der Waals surface area contributed by atoms with Gasteiger partial charge >= 0.3 is 0 Å². The molecule has 1 saturated carbocycles. The molecule has 0 aromatic carbocycles. The number of carbonyl (C=O) groups is 1. The second-order valence-electron chi connectivity index (χ2n) is 4.70. The highest BCUT2D eigenvalue weighted by Gasteiger charge is 2.27. The number of carbonyl (C=O) groups excluding carboxylic acids is 1. The minimum absolute atomic E-state index is 0.198. The molecule has 0 aromatic heterocycles. The Bertz CT molecular complexity index is 214. The minimum Gasteiger partial charge on any atom is -0.345 e. The molecule has 88 valence electrons. The molecule has 4 heteroatoms. The van der Waals surface area contributed by atoms with Crippen molar-refractivity contribution in [3.8, 4) is 0 Å². The number of nitrogens with two attached hydrogens (primary N) is 1. The molecular weight excluding hydrogens is 190 g/mol. The Morgan fingerprint density at radius 2 is 2.00 bits per heavy atom.